The van der Waals surface area contributed by atoms with E-state index in [0.29, 0.717) is 19.6 Å². The predicted molar refractivity (Wildman–Crippen MR) is 118 cm³/mol. The number of nitrogens with zero attached hydrogens (tertiary/aromatic N) is 2. The Morgan fingerprint density at radius 1 is 1.00 bits per heavy atom. The molecule has 1 fully saturated rings. The summed E-state index contributed by atoms with van der Waals surface area (Å²) >= 11 is 6.10. The van der Waals surface area contributed by atoms with Gasteiger partial charge in [-0.3, -0.25) is 15.0 Å². The number of urea groups is 1. The molecule has 0 bridgehead atoms. The third-order valence-corrected chi connectivity index (χ3v) is 7.43. The molecule has 8 nitrogen and oxygen atoms in total. The number of hydrogen-bond donors (Lipinski definition) is 2. The van der Waals surface area contributed by atoms with Crippen LogP contribution in [0.3, 0.4) is 0 Å². The maximum absolute atomic E-state index is 13.0. The van der Waals surface area contributed by atoms with Crippen LogP contribution in [-0.2, 0) is 14.8 Å². The van der Waals surface area contributed by atoms with Crippen molar-refractivity contribution in [2.75, 3.05) is 32.7 Å². The Hall–Kier alpha value is -2.46. The summed E-state index contributed by atoms with van der Waals surface area (Å²) in [6.07, 6.45) is 0. The number of carbonyl (C=O) groups excluding carboxylic acids is 2. The molecule has 31 heavy (non-hydrogen) atoms. The summed E-state index contributed by atoms with van der Waals surface area (Å²) in [5, 5.41) is 5.09. The first-order valence-corrected chi connectivity index (χ1v) is 11.8. The summed E-state index contributed by atoms with van der Waals surface area (Å²) in [4.78, 5) is 26.7. The molecule has 0 spiro atoms. The topological polar surface area (TPSA) is 98.8 Å². The van der Waals surface area contributed by atoms with Crippen LogP contribution in [0.25, 0.3) is 0 Å². The van der Waals surface area contributed by atoms with Crippen LogP contribution in [0.5, 0.6) is 0 Å². The van der Waals surface area contributed by atoms with Crippen molar-refractivity contribution in [2.24, 2.45) is 0 Å². The van der Waals surface area contributed by atoms with Gasteiger partial charge in [0.05, 0.1) is 5.02 Å². The van der Waals surface area contributed by atoms with E-state index in [-0.39, 0.29) is 23.0 Å². The average molecular weight is 465 g/mol. The Kier molecular flexibility index (Phi) is 7.66. The zero-order valence-electron chi connectivity index (χ0n) is 17.1. The molecule has 1 unspecified atom stereocenters. The van der Waals surface area contributed by atoms with Gasteiger partial charge in [0.15, 0.2) is 0 Å². The fourth-order valence-corrected chi connectivity index (χ4v) is 5.46. The average Bonchev–Trinajstić information content (AvgIpc) is 2.75. The first kappa shape index (κ1) is 23.2. The molecular weight excluding hydrogens is 440 g/mol. The van der Waals surface area contributed by atoms with E-state index in [4.69, 9.17) is 11.6 Å². The zero-order chi connectivity index (χ0) is 22.4. The standard InChI is InChI=1S/C21H25ClN4O4S/c1-2-23-21(28)24-20(27)19(16-8-4-3-5-9-16)25-12-14-26(15-13-25)31(29,30)18-11-7-6-10-17(18)22/h3-11,19H,2,12-15H2,1H3,(H2,23,24,27,28). The molecule has 10 heteroatoms. The molecule has 1 saturated heterocycles. The zero-order valence-corrected chi connectivity index (χ0v) is 18.7. The summed E-state index contributed by atoms with van der Waals surface area (Å²) in [5.41, 5.74) is 0.728. The highest BCUT2D eigenvalue weighted by Gasteiger charge is 2.35. The maximum Gasteiger partial charge on any atom is 0.321 e. The molecule has 0 radical (unpaired) electrons. The third-order valence-electron chi connectivity index (χ3n) is 5.03. The van der Waals surface area contributed by atoms with Gasteiger partial charge in [0, 0.05) is 32.7 Å². The Morgan fingerprint density at radius 3 is 2.23 bits per heavy atom. The van der Waals surface area contributed by atoms with Crippen LogP contribution in [0.4, 0.5) is 4.79 Å². The highest BCUT2D eigenvalue weighted by atomic mass is 35.5. The van der Waals surface area contributed by atoms with Gasteiger partial charge < -0.3 is 5.32 Å². The van der Waals surface area contributed by atoms with E-state index in [1.165, 1.54) is 10.4 Å². The molecule has 0 saturated carbocycles. The molecule has 1 atom stereocenters. The number of piperazine rings is 1. The van der Waals surface area contributed by atoms with Gasteiger partial charge in [0.1, 0.15) is 10.9 Å². The van der Waals surface area contributed by atoms with Crippen molar-refractivity contribution in [1.82, 2.24) is 19.8 Å². The molecule has 3 amide bonds. The number of rotatable bonds is 6. The van der Waals surface area contributed by atoms with E-state index in [1.54, 1.807) is 25.1 Å². The van der Waals surface area contributed by atoms with Crippen LogP contribution >= 0.6 is 11.6 Å². The molecule has 2 N–H and O–H groups in total. The monoisotopic (exact) mass is 464 g/mol. The van der Waals surface area contributed by atoms with Crippen LogP contribution in [0.15, 0.2) is 59.5 Å². The predicted octanol–water partition coefficient (Wildman–Crippen LogP) is 2.23. The molecule has 2 aromatic carbocycles. The van der Waals surface area contributed by atoms with Crippen molar-refractivity contribution in [3.05, 3.63) is 65.2 Å². The van der Waals surface area contributed by atoms with Crippen LogP contribution in [0.2, 0.25) is 5.02 Å². The first-order valence-electron chi connectivity index (χ1n) is 9.97. The van der Waals surface area contributed by atoms with Gasteiger partial charge in [-0.15, -0.1) is 0 Å². The van der Waals surface area contributed by atoms with Crippen molar-refractivity contribution in [1.29, 1.82) is 0 Å². The smallest absolute Gasteiger partial charge is 0.321 e. The molecule has 0 aliphatic carbocycles. The molecule has 0 aromatic heterocycles. The normalized spacial score (nSPS) is 16.5. The Balaban J connectivity index is 1.77. The SMILES string of the molecule is CCNC(=O)NC(=O)C(c1ccccc1)N1CCN(S(=O)(=O)c2ccccc2Cl)CC1. The van der Waals surface area contributed by atoms with E-state index in [2.05, 4.69) is 10.6 Å². The lowest BCUT2D eigenvalue weighted by Gasteiger charge is -2.38. The summed E-state index contributed by atoms with van der Waals surface area (Å²) in [5.74, 6) is -0.459. The Bertz CT molecular complexity index is 1020. The van der Waals surface area contributed by atoms with Crippen molar-refractivity contribution < 1.29 is 18.0 Å². The Morgan fingerprint density at radius 2 is 1.61 bits per heavy atom. The highest BCUT2D eigenvalue weighted by molar-refractivity contribution is 7.89. The highest BCUT2D eigenvalue weighted by Crippen LogP contribution is 2.27. The van der Waals surface area contributed by atoms with E-state index in [1.807, 2.05) is 35.2 Å². The largest absolute Gasteiger partial charge is 0.338 e. The quantitative estimate of drug-likeness (QED) is 0.683. The number of benzene rings is 2. The minimum atomic E-state index is -3.74. The number of carbonyl (C=O) groups is 2. The summed E-state index contributed by atoms with van der Waals surface area (Å²) in [7, 11) is -3.74. The van der Waals surface area contributed by atoms with Gasteiger partial charge in [-0.1, -0.05) is 54.1 Å². The fraction of sp³-hybridized carbons (Fsp3) is 0.333. The lowest BCUT2D eigenvalue weighted by Crippen LogP contribution is -2.53. The van der Waals surface area contributed by atoms with Crippen molar-refractivity contribution >= 4 is 33.6 Å². The van der Waals surface area contributed by atoms with Crippen LogP contribution in [-0.4, -0.2) is 62.3 Å². The van der Waals surface area contributed by atoms with E-state index in [0.717, 1.165) is 5.56 Å². The second-order valence-corrected chi connectivity index (χ2v) is 9.35. The van der Waals surface area contributed by atoms with Gasteiger partial charge in [-0.05, 0) is 24.6 Å². The second-order valence-electron chi connectivity index (χ2n) is 7.03. The first-order chi connectivity index (χ1) is 14.8. The van der Waals surface area contributed by atoms with Gasteiger partial charge in [0.2, 0.25) is 15.9 Å². The van der Waals surface area contributed by atoms with Crippen molar-refractivity contribution in [3.63, 3.8) is 0 Å². The molecule has 166 valence electrons. The lowest BCUT2D eigenvalue weighted by molar-refractivity contribution is -0.126. The number of nitrogens with one attached hydrogen (secondary N) is 2. The minimum absolute atomic E-state index is 0.0682. The molecule has 3 rings (SSSR count). The minimum Gasteiger partial charge on any atom is -0.338 e. The van der Waals surface area contributed by atoms with Crippen LogP contribution in [0, 0.1) is 0 Å². The number of imide groups is 1. The van der Waals surface area contributed by atoms with E-state index in [9.17, 15) is 18.0 Å². The third kappa shape index (κ3) is 5.43. The molecule has 1 aliphatic heterocycles. The van der Waals surface area contributed by atoms with E-state index >= 15 is 0 Å². The summed E-state index contributed by atoms with van der Waals surface area (Å²) in [6, 6.07) is 14.2. The van der Waals surface area contributed by atoms with Gasteiger partial charge in [-0.25, -0.2) is 13.2 Å². The number of amides is 3. The summed E-state index contributed by atoms with van der Waals surface area (Å²) in [6.45, 7) is 3.21. The lowest BCUT2D eigenvalue weighted by atomic mass is 10.0. The van der Waals surface area contributed by atoms with Crippen molar-refractivity contribution in [3.8, 4) is 0 Å². The number of hydrogen-bond acceptors (Lipinski definition) is 5. The molecular formula is C21H25ClN4O4S. The van der Waals surface area contributed by atoms with Gasteiger partial charge in [0.25, 0.3) is 0 Å². The fourth-order valence-electron chi connectivity index (χ4n) is 3.54. The van der Waals surface area contributed by atoms with Crippen molar-refractivity contribution in [2.45, 2.75) is 17.9 Å². The van der Waals surface area contributed by atoms with Gasteiger partial charge >= 0.3 is 6.03 Å². The molecule has 1 heterocycles. The second kappa shape index (κ2) is 10.2. The van der Waals surface area contributed by atoms with E-state index < -0.39 is 28.0 Å². The maximum atomic E-state index is 13.0. The van der Waals surface area contributed by atoms with Gasteiger partial charge in [-0.2, -0.15) is 4.31 Å². The summed E-state index contributed by atoms with van der Waals surface area (Å²) < 4.78 is 27.4. The van der Waals surface area contributed by atoms with Crippen LogP contribution < -0.4 is 10.6 Å². The van der Waals surface area contributed by atoms with Crippen LogP contribution in [0.1, 0.15) is 18.5 Å². The molecule has 1 aliphatic rings. The molecule has 2 aromatic rings. The number of sulfonamides is 1. The Labute approximate surface area is 187 Å². The number of halogens is 1.